The van der Waals surface area contributed by atoms with Crippen molar-refractivity contribution in [2.75, 3.05) is 0 Å². The van der Waals surface area contributed by atoms with Gasteiger partial charge in [0.15, 0.2) is 23.1 Å². The molecule has 0 unspecified atom stereocenters. The maximum atomic E-state index is 13.9. The van der Waals surface area contributed by atoms with Gasteiger partial charge in [0.2, 0.25) is 0 Å². The van der Waals surface area contributed by atoms with Crippen LogP contribution in [0.15, 0.2) is 36.4 Å². The summed E-state index contributed by atoms with van der Waals surface area (Å²) in [6.07, 6.45) is 0. The minimum Gasteiger partial charge on any atom is -0.451 e. The molecule has 0 bridgehead atoms. The molecule has 0 aliphatic rings. The molecule has 2 aromatic carbocycles. The summed E-state index contributed by atoms with van der Waals surface area (Å²) in [6.45, 7) is 4.51. The van der Waals surface area contributed by atoms with Crippen LogP contribution in [0.4, 0.5) is 13.2 Å². The Morgan fingerprint density at radius 2 is 1.57 bits per heavy atom. The van der Waals surface area contributed by atoms with Gasteiger partial charge >= 0.3 is 0 Å². The largest absolute Gasteiger partial charge is 0.451 e. The lowest BCUT2D eigenvalue weighted by Crippen LogP contribution is -2.21. The molecule has 0 aliphatic heterocycles. The van der Waals surface area contributed by atoms with Gasteiger partial charge in [-0.05, 0) is 29.8 Å². The molecule has 0 aliphatic carbocycles. The van der Waals surface area contributed by atoms with Crippen LogP contribution in [0.2, 0.25) is 0 Å². The van der Waals surface area contributed by atoms with Crippen LogP contribution in [0, 0.1) is 17.5 Å². The first kappa shape index (κ1) is 15.4. The third-order valence-electron chi connectivity index (χ3n) is 2.82. The van der Waals surface area contributed by atoms with Crippen LogP contribution in [0.3, 0.4) is 0 Å². The van der Waals surface area contributed by atoms with E-state index in [0.717, 1.165) is 17.7 Å². The van der Waals surface area contributed by atoms with Gasteiger partial charge in [-0.15, -0.1) is 0 Å². The Hall–Kier alpha value is -2.01. The van der Waals surface area contributed by atoms with Crippen LogP contribution in [0.1, 0.15) is 19.4 Å². The molecule has 0 fully saturated rings. The number of nitrogens with one attached hydrogen (secondary N) is 1. The van der Waals surface area contributed by atoms with Crippen molar-refractivity contribution in [3.63, 3.8) is 0 Å². The summed E-state index contributed by atoms with van der Waals surface area (Å²) in [4.78, 5) is 0. The van der Waals surface area contributed by atoms with E-state index in [1.165, 1.54) is 12.1 Å². The maximum absolute atomic E-state index is 13.9. The van der Waals surface area contributed by atoms with E-state index in [0.29, 0.717) is 12.6 Å². The molecule has 0 radical (unpaired) electrons. The van der Waals surface area contributed by atoms with E-state index >= 15 is 0 Å². The smallest absolute Gasteiger partial charge is 0.168 e. The normalized spacial score (nSPS) is 11.0. The zero-order chi connectivity index (χ0) is 15.4. The highest BCUT2D eigenvalue weighted by Crippen LogP contribution is 2.27. The van der Waals surface area contributed by atoms with Crippen LogP contribution < -0.4 is 10.1 Å². The first-order valence-electron chi connectivity index (χ1n) is 6.60. The SMILES string of the molecule is CC(C)NCc1ccc(Oc2ccc(F)cc2F)c(F)c1. The number of halogens is 3. The van der Waals surface area contributed by atoms with Crippen molar-refractivity contribution < 1.29 is 17.9 Å². The van der Waals surface area contributed by atoms with Gasteiger partial charge < -0.3 is 10.1 Å². The minimum atomic E-state index is -0.875. The standard InChI is InChI=1S/C16H16F3NO/c1-10(2)20-9-11-3-5-15(13(18)7-11)21-16-6-4-12(17)8-14(16)19/h3-8,10,20H,9H2,1-2H3. The van der Waals surface area contributed by atoms with E-state index in [2.05, 4.69) is 5.32 Å². The Balaban J connectivity index is 2.13. The van der Waals surface area contributed by atoms with E-state index in [9.17, 15) is 13.2 Å². The van der Waals surface area contributed by atoms with Gasteiger partial charge in [-0.2, -0.15) is 0 Å². The Labute approximate surface area is 121 Å². The highest BCUT2D eigenvalue weighted by Gasteiger charge is 2.10. The maximum Gasteiger partial charge on any atom is 0.168 e. The van der Waals surface area contributed by atoms with Crippen molar-refractivity contribution >= 4 is 0 Å². The van der Waals surface area contributed by atoms with Gasteiger partial charge in [-0.3, -0.25) is 0 Å². The lowest BCUT2D eigenvalue weighted by atomic mass is 10.2. The van der Waals surface area contributed by atoms with Crippen LogP contribution in [-0.2, 0) is 6.54 Å². The average molecular weight is 295 g/mol. The molecule has 0 aromatic heterocycles. The van der Waals surface area contributed by atoms with Crippen molar-refractivity contribution in [2.24, 2.45) is 0 Å². The predicted molar refractivity (Wildman–Crippen MR) is 74.8 cm³/mol. The molecule has 0 heterocycles. The molecule has 2 nitrogen and oxygen atoms in total. The number of benzene rings is 2. The number of rotatable bonds is 5. The summed E-state index contributed by atoms with van der Waals surface area (Å²) in [5.41, 5.74) is 0.758. The van der Waals surface area contributed by atoms with Gasteiger partial charge in [-0.1, -0.05) is 19.9 Å². The highest BCUT2D eigenvalue weighted by atomic mass is 19.1. The van der Waals surface area contributed by atoms with E-state index in [1.807, 2.05) is 13.8 Å². The summed E-state index contributed by atoms with van der Waals surface area (Å²) >= 11 is 0. The first-order valence-corrected chi connectivity index (χ1v) is 6.60. The lowest BCUT2D eigenvalue weighted by Gasteiger charge is -2.11. The summed E-state index contributed by atoms with van der Waals surface area (Å²) < 4.78 is 45.3. The van der Waals surface area contributed by atoms with Crippen LogP contribution in [-0.4, -0.2) is 6.04 Å². The molecule has 0 saturated heterocycles. The topological polar surface area (TPSA) is 21.3 Å². The van der Waals surface area contributed by atoms with Crippen molar-refractivity contribution in [1.29, 1.82) is 0 Å². The van der Waals surface area contributed by atoms with E-state index in [4.69, 9.17) is 4.74 Å². The zero-order valence-electron chi connectivity index (χ0n) is 11.8. The quantitative estimate of drug-likeness (QED) is 0.883. The molecule has 5 heteroatoms. The second-order valence-corrected chi connectivity index (χ2v) is 4.98. The van der Waals surface area contributed by atoms with Gasteiger partial charge in [-0.25, -0.2) is 13.2 Å². The Morgan fingerprint density at radius 1 is 0.952 bits per heavy atom. The molecular weight excluding hydrogens is 279 g/mol. The van der Waals surface area contributed by atoms with Crippen LogP contribution in [0.5, 0.6) is 11.5 Å². The molecular formula is C16H16F3NO. The number of hydrogen-bond donors (Lipinski definition) is 1. The van der Waals surface area contributed by atoms with Crippen LogP contribution >= 0.6 is 0 Å². The fourth-order valence-electron chi connectivity index (χ4n) is 1.74. The predicted octanol–water partition coefficient (Wildman–Crippen LogP) is 4.39. The van der Waals surface area contributed by atoms with Crippen molar-refractivity contribution in [3.8, 4) is 11.5 Å². The van der Waals surface area contributed by atoms with Gasteiger partial charge in [0, 0.05) is 18.7 Å². The molecule has 1 N–H and O–H groups in total. The van der Waals surface area contributed by atoms with E-state index in [1.54, 1.807) is 6.07 Å². The average Bonchev–Trinajstić information content (AvgIpc) is 2.42. The molecule has 21 heavy (non-hydrogen) atoms. The minimum absolute atomic E-state index is 0.103. The number of hydrogen-bond acceptors (Lipinski definition) is 2. The van der Waals surface area contributed by atoms with Gasteiger partial charge in [0.05, 0.1) is 0 Å². The molecule has 0 spiro atoms. The Morgan fingerprint density at radius 3 is 2.14 bits per heavy atom. The fraction of sp³-hybridized carbons (Fsp3) is 0.250. The second-order valence-electron chi connectivity index (χ2n) is 4.98. The van der Waals surface area contributed by atoms with Gasteiger partial charge in [0.25, 0.3) is 0 Å². The molecule has 2 aromatic rings. The molecule has 0 amide bonds. The van der Waals surface area contributed by atoms with Gasteiger partial charge in [0.1, 0.15) is 5.82 Å². The fourth-order valence-corrected chi connectivity index (χ4v) is 1.74. The number of ether oxygens (including phenoxy) is 1. The molecule has 0 atom stereocenters. The van der Waals surface area contributed by atoms with Crippen molar-refractivity contribution in [1.82, 2.24) is 5.32 Å². The second kappa shape index (κ2) is 6.63. The van der Waals surface area contributed by atoms with E-state index < -0.39 is 17.5 Å². The summed E-state index contributed by atoms with van der Waals surface area (Å²) in [7, 11) is 0. The van der Waals surface area contributed by atoms with Crippen LogP contribution in [0.25, 0.3) is 0 Å². The van der Waals surface area contributed by atoms with Crippen molar-refractivity contribution in [2.45, 2.75) is 26.4 Å². The zero-order valence-corrected chi connectivity index (χ0v) is 11.8. The lowest BCUT2D eigenvalue weighted by molar-refractivity contribution is 0.411. The summed E-state index contributed by atoms with van der Waals surface area (Å²) in [5, 5.41) is 3.16. The third kappa shape index (κ3) is 4.23. The summed E-state index contributed by atoms with van der Waals surface area (Å²) in [5.74, 6) is -2.51. The first-order chi connectivity index (χ1) is 9.95. The molecule has 2 rings (SSSR count). The molecule has 112 valence electrons. The van der Waals surface area contributed by atoms with E-state index in [-0.39, 0.29) is 17.5 Å². The highest BCUT2D eigenvalue weighted by molar-refractivity contribution is 5.35. The summed E-state index contributed by atoms with van der Waals surface area (Å²) in [6, 6.07) is 7.60. The molecule has 0 saturated carbocycles. The Bertz CT molecular complexity index is 629. The Kier molecular flexibility index (Phi) is 4.85. The van der Waals surface area contributed by atoms with Crippen molar-refractivity contribution in [3.05, 3.63) is 59.4 Å². The monoisotopic (exact) mass is 295 g/mol. The third-order valence-corrected chi connectivity index (χ3v) is 2.82.